The topological polar surface area (TPSA) is 55.7 Å². The van der Waals surface area contributed by atoms with E-state index in [9.17, 15) is 0 Å². The van der Waals surface area contributed by atoms with E-state index in [-0.39, 0.29) is 0 Å². The average Bonchev–Trinajstić information content (AvgIpc) is 1.86. The molecule has 11 heavy (non-hydrogen) atoms. The molecule has 4 heteroatoms. The second-order valence-electron chi connectivity index (χ2n) is 2.62. The zero-order valence-electron chi connectivity index (χ0n) is 7.25. The molecule has 68 valence electrons. The molecule has 4 nitrogen and oxygen atoms in total. The van der Waals surface area contributed by atoms with Crippen LogP contribution in [-0.2, 0) is 0 Å². The van der Waals surface area contributed by atoms with Gasteiger partial charge in [-0.1, -0.05) is 6.92 Å². The molecule has 0 amide bonds. The van der Waals surface area contributed by atoms with Crippen molar-refractivity contribution in [1.82, 2.24) is 10.4 Å². The smallest absolute Gasteiger partial charge is 0.0662 e. The summed E-state index contributed by atoms with van der Waals surface area (Å²) in [6, 6.07) is 0. The molecule has 0 radical (unpaired) electrons. The second kappa shape index (κ2) is 6.54. The Morgan fingerprint density at radius 3 is 2.64 bits per heavy atom. The van der Waals surface area contributed by atoms with Crippen molar-refractivity contribution in [3.05, 3.63) is 0 Å². The third kappa shape index (κ3) is 7.74. The van der Waals surface area contributed by atoms with Crippen molar-refractivity contribution in [3.63, 3.8) is 0 Å². The number of hydrogen-bond acceptors (Lipinski definition) is 4. The molecule has 0 aromatic rings. The van der Waals surface area contributed by atoms with Crippen molar-refractivity contribution in [1.29, 1.82) is 0 Å². The molecule has 0 saturated heterocycles. The first-order valence-corrected chi connectivity index (χ1v) is 3.99. The van der Waals surface area contributed by atoms with Crippen LogP contribution in [0.3, 0.4) is 0 Å². The molecule has 0 aliphatic carbocycles. The number of nitrogens with one attached hydrogen (secondary N) is 1. The Bertz CT molecular complexity index is 88.5. The summed E-state index contributed by atoms with van der Waals surface area (Å²) in [4.78, 5) is 0. The number of aliphatic hydroxyl groups excluding tert-OH is 1. The summed E-state index contributed by atoms with van der Waals surface area (Å²) in [5, 5.41) is 22.1. The number of likely N-dealkylation sites (N-methyl/N-ethyl adjacent to an activating group) is 1. The summed E-state index contributed by atoms with van der Waals surface area (Å²) in [5.41, 5.74) is 0. The molecule has 0 aliphatic heterocycles. The Morgan fingerprint density at radius 1 is 1.55 bits per heavy atom. The van der Waals surface area contributed by atoms with Crippen LogP contribution < -0.4 is 5.32 Å². The molecule has 0 heterocycles. The van der Waals surface area contributed by atoms with E-state index in [4.69, 9.17) is 10.3 Å². The van der Waals surface area contributed by atoms with Gasteiger partial charge >= 0.3 is 0 Å². The van der Waals surface area contributed by atoms with E-state index < -0.39 is 6.10 Å². The van der Waals surface area contributed by atoms with Crippen LogP contribution in [0, 0.1) is 0 Å². The van der Waals surface area contributed by atoms with E-state index in [1.165, 1.54) is 0 Å². The first kappa shape index (κ1) is 10.8. The number of aliphatic hydroxyl groups is 1. The Hall–Kier alpha value is -0.160. The molecular formula is C7H18N2O2. The molecule has 0 bridgehead atoms. The van der Waals surface area contributed by atoms with Gasteiger partial charge in [0.2, 0.25) is 0 Å². The molecule has 1 atom stereocenters. The quantitative estimate of drug-likeness (QED) is 0.370. The molecule has 0 saturated carbocycles. The fourth-order valence-corrected chi connectivity index (χ4v) is 0.781. The van der Waals surface area contributed by atoms with Crippen molar-refractivity contribution >= 4 is 0 Å². The van der Waals surface area contributed by atoms with Gasteiger partial charge < -0.3 is 15.6 Å². The third-order valence-corrected chi connectivity index (χ3v) is 1.27. The lowest BCUT2D eigenvalue weighted by molar-refractivity contribution is -0.109. The van der Waals surface area contributed by atoms with Crippen LogP contribution >= 0.6 is 0 Å². The highest BCUT2D eigenvalue weighted by Gasteiger charge is 2.02. The van der Waals surface area contributed by atoms with E-state index in [2.05, 4.69) is 5.32 Å². The van der Waals surface area contributed by atoms with Crippen LogP contribution in [0.15, 0.2) is 0 Å². The first-order chi connectivity index (χ1) is 5.16. The van der Waals surface area contributed by atoms with Gasteiger partial charge in [-0.15, -0.1) is 0 Å². The highest BCUT2D eigenvalue weighted by atomic mass is 16.5. The van der Waals surface area contributed by atoms with Crippen molar-refractivity contribution in [2.24, 2.45) is 0 Å². The summed E-state index contributed by atoms with van der Waals surface area (Å²) in [6.45, 7) is 6.18. The predicted molar refractivity (Wildman–Crippen MR) is 43.6 cm³/mol. The highest BCUT2D eigenvalue weighted by Crippen LogP contribution is 1.85. The highest BCUT2D eigenvalue weighted by molar-refractivity contribution is 4.53. The molecule has 3 N–H and O–H groups in total. The average molecular weight is 162 g/mol. The van der Waals surface area contributed by atoms with Gasteiger partial charge in [-0.3, -0.25) is 0 Å². The molecule has 1 unspecified atom stereocenters. The monoisotopic (exact) mass is 162 g/mol. The minimum absolute atomic E-state index is 0.311. The molecule has 0 aromatic heterocycles. The summed E-state index contributed by atoms with van der Waals surface area (Å²) in [5.74, 6) is 0. The fourth-order valence-electron chi connectivity index (χ4n) is 0.781. The van der Waals surface area contributed by atoms with Crippen LogP contribution in [0.4, 0.5) is 0 Å². The van der Waals surface area contributed by atoms with Gasteiger partial charge in [-0.25, -0.2) is 0 Å². The summed E-state index contributed by atoms with van der Waals surface area (Å²) < 4.78 is 0. The van der Waals surface area contributed by atoms with Gasteiger partial charge in [0.25, 0.3) is 0 Å². The Morgan fingerprint density at radius 2 is 2.18 bits per heavy atom. The van der Waals surface area contributed by atoms with Crippen LogP contribution in [0.5, 0.6) is 0 Å². The van der Waals surface area contributed by atoms with Gasteiger partial charge in [0.15, 0.2) is 0 Å². The van der Waals surface area contributed by atoms with Crippen LogP contribution in [0.1, 0.15) is 13.8 Å². The minimum Gasteiger partial charge on any atom is -0.392 e. The van der Waals surface area contributed by atoms with Crippen molar-refractivity contribution in [2.45, 2.75) is 20.0 Å². The van der Waals surface area contributed by atoms with Gasteiger partial charge in [0.05, 0.1) is 6.10 Å². The van der Waals surface area contributed by atoms with Gasteiger partial charge in [0, 0.05) is 19.6 Å². The SMILES string of the molecule is CCNCCN(O)CC(C)O. The lowest BCUT2D eigenvalue weighted by Gasteiger charge is -2.15. The zero-order valence-corrected chi connectivity index (χ0v) is 7.25. The maximum Gasteiger partial charge on any atom is 0.0662 e. The maximum absolute atomic E-state index is 9.08. The molecule has 0 spiro atoms. The molecular weight excluding hydrogens is 144 g/mol. The van der Waals surface area contributed by atoms with Crippen LogP contribution in [-0.4, -0.2) is 47.7 Å². The van der Waals surface area contributed by atoms with E-state index in [0.29, 0.717) is 13.1 Å². The van der Waals surface area contributed by atoms with Gasteiger partial charge in [-0.2, -0.15) is 5.06 Å². The van der Waals surface area contributed by atoms with Crippen LogP contribution in [0.25, 0.3) is 0 Å². The lowest BCUT2D eigenvalue weighted by Crippen LogP contribution is -2.34. The van der Waals surface area contributed by atoms with Crippen molar-refractivity contribution in [3.8, 4) is 0 Å². The van der Waals surface area contributed by atoms with Gasteiger partial charge in [0.1, 0.15) is 0 Å². The van der Waals surface area contributed by atoms with Crippen LogP contribution in [0.2, 0.25) is 0 Å². The normalized spacial score (nSPS) is 13.9. The van der Waals surface area contributed by atoms with E-state index in [0.717, 1.165) is 18.2 Å². The van der Waals surface area contributed by atoms with E-state index in [1.54, 1.807) is 6.92 Å². The summed E-state index contributed by atoms with van der Waals surface area (Å²) in [6.07, 6.45) is -0.471. The molecule has 0 aliphatic rings. The van der Waals surface area contributed by atoms with E-state index in [1.807, 2.05) is 6.92 Å². The van der Waals surface area contributed by atoms with Crippen molar-refractivity contribution in [2.75, 3.05) is 26.2 Å². The number of rotatable bonds is 6. The number of hydrogen-bond donors (Lipinski definition) is 3. The maximum atomic E-state index is 9.08. The molecule has 0 rings (SSSR count). The molecule has 0 fully saturated rings. The Kier molecular flexibility index (Phi) is 6.45. The predicted octanol–water partition coefficient (Wildman–Crippen LogP) is -0.332. The van der Waals surface area contributed by atoms with Gasteiger partial charge in [-0.05, 0) is 13.5 Å². The second-order valence-corrected chi connectivity index (χ2v) is 2.62. The Labute approximate surface area is 67.8 Å². The summed E-state index contributed by atoms with van der Waals surface area (Å²) in [7, 11) is 0. The number of nitrogens with zero attached hydrogens (tertiary/aromatic N) is 1. The minimum atomic E-state index is -0.471. The number of hydroxylamine groups is 2. The van der Waals surface area contributed by atoms with Crippen molar-refractivity contribution < 1.29 is 10.3 Å². The van der Waals surface area contributed by atoms with E-state index >= 15 is 0 Å². The standard InChI is InChI=1S/C7H18N2O2/c1-3-8-4-5-9(11)6-7(2)10/h7-8,10-11H,3-6H2,1-2H3. The summed E-state index contributed by atoms with van der Waals surface area (Å²) >= 11 is 0. The Balaban J connectivity index is 3.15. The largest absolute Gasteiger partial charge is 0.392 e. The zero-order chi connectivity index (χ0) is 8.69. The first-order valence-electron chi connectivity index (χ1n) is 3.99. The third-order valence-electron chi connectivity index (χ3n) is 1.27. The fraction of sp³-hybridized carbons (Fsp3) is 1.00. The lowest BCUT2D eigenvalue weighted by atomic mass is 10.4. The molecule has 0 aromatic carbocycles.